The molecule has 0 unspecified atom stereocenters. The maximum absolute atomic E-state index is 13.1. The Morgan fingerprint density at radius 2 is 1.68 bits per heavy atom. The lowest BCUT2D eigenvalue weighted by Crippen LogP contribution is -2.36. The highest BCUT2D eigenvalue weighted by atomic mass is 35.5. The molecule has 19 heavy (non-hydrogen) atoms. The van der Waals surface area contributed by atoms with Crippen molar-refractivity contribution in [2.24, 2.45) is 5.73 Å². The molecule has 1 rings (SSSR count). The Kier molecular flexibility index (Phi) is 5.98. The van der Waals surface area contributed by atoms with E-state index in [1.54, 1.807) is 0 Å². The Bertz CT molecular complexity index is 413. The van der Waals surface area contributed by atoms with Crippen molar-refractivity contribution in [2.75, 3.05) is 6.61 Å². The normalized spacial score (nSPS) is 13.6. The molecule has 0 aliphatic carbocycles. The lowest BCUT2D eigenvalue weighted by atomic mass is 10.0. The van der Waals surface area contributed by atoms with Crippen LogP contribution in [0.3, 0.4) is 0 Å². The molecule has 0 saturated heterocycles. The van der Waals surface area contributed by atoms with Gasteiger partial charge < -0.3 is 15.6 Å². The number of ether oxygens (including phenoxy) is 1. The van der Waals surface area contributed by atoms with Gasteiger partial charge in [-0.2, -0.15) is 0 Å². The second-order valence-corrected chi connectivity index (χ2v) is 3.48. The molecule has 0 fully saturated rings. The topological polar surface area (TPSA) is 55.5 Å². The molecule has 9 heteroatoms. The van der Waals surface area contributed by atoms with E-state index in [0.717, 1.165) is 12.1 Å². The van der Waals surface area contributed by atoms with E-state index in [1.165, 1.54) is 12.1 Å². The van der Waals surface area contributed by atoms with Crippen LogP contribution in [0.25, 0.3) is 0 Å². The Morgan fingerprint density at radius 3 is 2.16 bits per heavy atom. The van der Waals surface area contributed by atoms with Crippen LogP contribution in [0.2, 0.25) is 0 Å². The van der Waals surface area contributed by atoms with E-state index >= 15 is 0 Å². The van der Waals surface area contributed by atoms with E-state index in [-0.39, 0.29) is 12.4 Å². The third-order valence-corrected chi connectivity index (χ3v) is 2.15. The van der Waals surface area contributed by atoms with Gasteiger partial charge in [-0.25, -0.2) is 8.78 Å². The number of aliphatic hydroxyl groups excluding tert-OH is 1. The van der Waals surface area contributed by atoms with Gasteiger partial charge in [0.1, 0.15) is 18.4 Å². The fourth-order valence-corrected chi connectivity index (χ4v) is 1.28. The minimum atomic E-state index is -5.01. The molecule has 3 nitrogen and oxygen atoms in total. The van der Waals surface area contributed by atoms with E-state index in [0.29, 0.717) is 0 Å². The van der Waals surface area contributed by atoms with Gasteiger partial charge in [-0.05, 0) is 6.07 Å². The van der Waals surface area contributed by atoms with Gasteiger partial charge in [-0.3, -0.25) is 0 Å². The predicted molar refractivity (Wildman–Crippen MR) is 59.3 cm³/mol. The quantitative estimate of drug-likeness (QED) is 0.841. The van der Waals surface area contributed by atoms with Crippen LogP contribution in [0.1, 0.15) is 11.6 Å². The molecule has 0 aliphatic rings. The molecule has 3 N–H and O–H groups in total. The molecular formula is C10H11ClF5NO2. The SMILES string of the molecule is Cl.N[C@H](c1ccccc1OC(F)(F)F)C(F)(F)CO. The highest BCUT2D eigenvalue weighted by Crippen LogP contribution is 2.36. The van der Waals surface area contributed by atoms with Gasteiger partial charge in [-0.1, -0.05) is 18.2 Å². The average Bonchev–Trinajstić information content (AvgIpc) is 2.26. The van der Waals surface area contributed by atoms with Crippen LogP contribution in [0.4, 0.5) is 22.0 Å². The fraction of sp³-hybridized carbons (Fsp3) is 0.400. The first-order valence-electron chi connectivity index (χ1n) is 4.76. The van der Waals surface area contributed by atoms with Gasteiger partial charge in [0.05, 0.1) is 0 Å². The van der Waals surface area contributed by atoms with Crippen LogP contribution in [0.5, 0.6) is 5.75 Å². The van der Waals surface area contributed by atoms with Crippen molar-refractivity contribution in [1.29, 1.82) is 0 Å². The molecule has 1 atom stereocenters. The molecule has 0 spiro atoms. The minimum absolute atomic E-state index is 0. The van der Waals surface area contributed by atoms with Crippen LogP contribution in [-0.2, 0) is 0 Å². The van der Waals surface area contributed by atoms with Crippen molar-refractivity contribution in [3.05, 3.63) is 29.8 Å². The number of alkyl halides is 5. The molecule has 0 amide bonds. The van der Waals surface area contributed by atoms with Gasteiger partial charge in [0.2, 0.25) is 0 Å². The zero-order valence-electron chi connectivity index (χ0n) is 9.32. The van der Waals surface area contributed by atoms with E-state index in [9.17, 15) is 22.0 Å². The number of nitrogens with two attached hydrogens (primary N) is 1. The Balaban J connectivity index is 0.00000324. The molecule has 0 bridgehead atoms. The molecule has 110 valence electrons. The van der Waals surface area contributed by atoms with E-state index < -0.39 is 36.2 Å². The maximum Gasteiger partial charge on any atom is 0.573 e. The third kappa shape index (κ3) is 4.81. The summed E-state index contributed by atoms with van der Waals surface area (Å²) in [6.45, 7) is -1.57. The Morgan fingerprint density at radius 1 is 1.16 bits per heavy atom. The van der Waals surface area contributed by atoms with E-state index in [2.05, 4.69) is 4.74 Å². The number of hydrogen-bond acceptors (Lipinski definition) is 3. The summed E-state index contributed by atoms with van der Waals surface area (Å²) in [5, 5.41) is 8.46. The van der Waals surface area contributed by atoms with Crippen molar-refractivity contribution in [3.63, 3.8) is 0 Å². The first kappa shape index (κ1) is 17.9. The summed E-state index contributed by atoms with van der Waals surface area (Å²) in [6.07, 6.45) is -5.01. The summed E-state index contributed by atoms with van der Waals surface area (Å²) >= 11 is 0. The lowest BCUT2D eigenvalue weighted by Gasteiger charge is -2.24. The zero-order valence-corrected chi connectivity index (χ0v) is 10.1. The molecule has 0 aromatic heterocycles. The van der Waals surface area contributed by atoms with Crippen molar-refractivity contribution < 1.29 is 31.8 Å². The first-order valence-corrected chi connectivity index (χ1v) is 4.76. The molecule has 1 aromatic rings. The highest BCUT2D eigenvalue weighted by Gasteiger charge is 2.40. The van der Waals surface area contributed by atoms with Crippen molar-refractivity contribution >= 4 is 12.4 Å². The van der Waals surface area contributed by atoms with Gasteiger partial charge in [0.25, 0.3) is 5.92 Å². The van der Waals surface area contributed by atoms with Crippen LogP contribution in [0.15, 0.2) is 24.3 Å². The second-order valence-electron chi connectivity index (χ2n) is 3.48. The number of benzene rings is 1. The average molecular weight is 308 g/mol. The Labute approximate surface area is 111 Å². The Hall–Kier alpha value is -1.12. The number of hydrogen-bond donors (Lipinski definition) is 2. The second kappa shape index (κ2) is 6.36. The minimum Gasteiger partial charge on any atom is -0.405 e. The summed E-state index contributed by atoms with van der Waals surface area (Å²) in [4.78, 5) is 0. The van der Waals surface area contributed by atoms with Crippen LogP contribution in [-0.4, -0.2) is 24.0 Å². The summed E-state index contributed by atoms with van der Waals surface area (Å²) in [6, 6.07) is 2.19. The number of para-hydroxylation sites is 1. The zero-order chi connectivity index (χ0) is 14.0. The summed E-state index contributed by atoms with van der Waals surface area (Å²) in [5.74, 6) is -4.56. The van der Waals surface area contributed by atoms with Gasteiger partial charge in [0, 0.05) is 5.56 Å². The molecular weight excluding hydrogens is 297 g/mol. The number of halogens is 6. The molecule has 1 aromatic carbocycles. The molecule has 0 saturated carbocycles. The molecule has 0 heterocycles. The first-order chi connectivity index (χ1) is 8.17. The number of aliphatic hydroxyl groups is 1. The smallest absolute Gasteiger partial charge is 0.405 e. The van der Waals surface area contributed by atoms with E-state index in [4.69, 9.17) is 10.8 Å². The summed E-state index contributed by atoms with van der Waals surface area (Å²) < 4.78 is 66.1. The maximum atomic E-state index is 13.1. The molecule has 0 aliphatic heterocycles. The van der Waals surface area contributed by atoms with Crippen molar-refractivity contribution in [3.8, 4) is 5.75 Å². The third-order valence-electron chi connectivity index (χ3n) is 2.15. The van der Waals surface area contributed by atoms with Crippen LogP contribution < -0.4 is 10.5 Å². The summed E-state index contributed by atoms with van der Waals surface area (Å²) in [7, 11) is 0. The fourth-order valence-electron chi connectivity index (χ4n) is 1.28. The van der Waals surface area contributed by atoms with Gasteiger partial charge in [0.15, 0.2) is 0 Å². The predicted octanol–water partition coefficient (Wildman–Crippen LogP) is 2.63. The van der Waals surface area contributed by atoms with Gasteiger partial charge in [-0.15, -0.1) is 25.6 Å². The lowest BCUT2D eigenvalue weighted by molar-refractivity contribution is -0.275. The van der Waals surface area contributed by atoms with Crippen LogP contribution >= 0.6 is 12.4 Å². The van der Waals surface area contributed by atoms with E-state index in [1.807, 2.05) is 0 Å². The summed E-state index contributed by atoms with van der Waals surface area (Å²) in [5.41, 5.74) is 4.61. The standard InChI is InChI=1S/C10H10F5NO2.ClH/c11-9(12,5-17)8(16)6-3-1-2-4-7(6)18-10(13,14)15;/h1-4,8,17H,5,16H2;1H/t8-;/m1./s1. The van der Waals surface area contributed by atoms with Crippen molar-refractivity contribution in [2.45, 2.75) is 18.3 Å². The largest absolute Gasteiger partial charge is 0.573 e. The van der Waals surface area contributed by atoms with Crippen LogP contribution in [0, 0.1) is 0 Å². The monoisotopic (exact) mass is 307 g/mol. The van der Waals surface area contributed by atoms with Gasteiger partial charge >= 0.3 is 6.36 Å². The van der Waals surface area contributed by atoms with Crippen molar-refractivity contribution in [1.82, 2.24) is 0 Å². The molecule has 0 radical (unpaired) electrons. The highest BCUT2D eigenvalue weighted by molar-refractivity contribution is 5.85. The number of rotatable bonds is 4.